The number of nitriles is 1. The van der Waals surface area contributed by atoms with Crippen LogP contribution in [0.3, 0.4) is 0 Å². The number of phenolic OH excluding ortho intramolecular Hbond substituents is 2. The molecule has 0 aromatic heterocycles. The summed E-state index contributed by atoms with van der Waals surface area (Å²) in [6.07, 6.45) is -6.41. The molecule has 6 unspecified atom stereocenters. The summed E-state index contributed by atoms with van der Waals surface area (Å²) in [7, 11) is 0. The summed E-state index contributed by atoms with van der Waals surface area (Å²) in [5, 5.41) is 67.6. The summed E-state index contributed by atoms with van der Waals surface area (Å²) in [6, 6.07) is 11.3. The Morgan fingerprint density at radius 3 is 2.41 bits per heavy atom. The van der Waals surface area contributed by atoms with E-state index in [9.17, 15) is 35.4 Å². The lowest BCUT2D eigenvalue weighted by atomic mass is 9.99. The minimum absolute atomic E-state index is 0.192. The average Bonchev–Trinajstić information content (AvgIpc) is 2.84. The highest BCUT2D eigenvalue weighted by Crippen LogP contribution is 2.27. The third kappa shape index (κ3) is 6.02. The number of aromatic hydroxyl groups is 2. The largest absolute Gasteiger partial charge is 0.504 e. The lowest BCUT2D eigenvalue weighted by Crippen LogP contribution is -2.60. The molecule has 0 amide bonds. The molecule has 11 nitrogen and oxygen atoms in total. The summed E-state index contributed by atoms with van der Waals surface area (Å²) in [6.45, 7) is -0.470. The van der Waals surface area contributed by atoms with Crippen LogP contribution in [0.25, 0.3) is 6.08 Å². The topological polar surface area (TPSA) is 190 Å². The van der Waals surface area contributed by atoms with Gasteiger partial charge in [-0.3, -0.25) is 0 Å². The second kappa shape index (κ2) is 11.0. The van der Waals surface area contributed by atoms with Gasteiger partial charge in [0.15, 0.2) is 17.6 Å². The molecule has 1 aliphatic heterocycles. The van der Waals surface area contributed by atoms with Crippen molar-refractivity contribution in [1.29, 1.82) is 5.26 Å². The van der Waals surface area contributed by atoms with Crippen LogP contribution in [0.15, 0.2) is 48.5 Å². The van der Waals surface area contributed by atoms with Crippen LogP contribution in [0.5, 0.6) is 17.2 Å². The molecule has 11 heteroatoms. The highest BCUT2D eigenvalue weighted by Gasteiger charge is 2.45. The average molecular weight is 473 g/mol. The summed E-state index contributed by atoms with van der Waals surface area (Å²) >= 11 is 0. The van der Waals surface area contributed by atoms with E-state index in [0.29, 0.717) is 11.1 Å². The van der Waals surface area contributed by atoms with Crippen molar-refractivity contribution in [1.82, 2.24) is 0 Å². The van der Waals surface area contributed by atoms with Gasteiger partial charge in [0.25, 0.3) is 0 Å². The van der Waals surface area contributed by atoms with Crippen molar-refractivity contribution in [3.8, 4) is 23.3 Å². The van der Waals surface area contributed by atoms with E-state index in [2.05, 4.69) is 0 Å². The fraction of sp³-hybridized carbons (Fsp3) is 0.304. The fourth-order valence-corrected chi connectivity index (χ4v) is 3.11. The van der Waals surface area contributed by atoms with Crippen LogP contribution in [0.4, 0.5) is 0 Å². The van der Waals surface area contributed by atoms with E-state index in [-0.39, 0.29) is 17.2 Å². The predicted molar refractivity (Wildman–Crippen MR) is 114 cm³/mol. The number of rotatable bonds is 7. The number of carbonyl (C=O) groups excluding carboxylic acids is 1. The molecule has 0 saturated carbocycles. The lowest BCUT2D eigenvalue weighted by Gasteiger charge is -2.39. The van der Waals surface area contributed by atoms with E-state index in [1.165, 1.54) is 48.5 Å². The molecule has 1 fully saturated rings. The molecule has 0 bridgehead atoms. The van der Waals surface area contributed by atoms with Crippen LogP contribution in [0.2, 0.25) is 0 Å². The molecule has 2 aromatic carbocycles. The van der Waals surface area contributed by atoms with Gasteiger partial charge in [0, 0.05) is 6.08 Å². The minimum Gasteiger partial charge on any atom is -0.504 e. The second-order valence-corrected chi connectivity index (χ2v) is 7.44. The van der Waals surface area contributed by atoms with Gasteiger partial charge in [-0.15, -0.1) is 0 Å². The SMILES string of the molecule is N#CC(O)c1ccc(OC2OC(COC(=O)C=Cc3ccc(O)c(O)c3)C(O)C(O)C2O)cc1. The van der Waals surface area contributed by atoms with Gasteiger partial charge in [-0.2, -0.15) is 5.26 Å². The fourth-order valence-electron chi connectivity index (χ4n) is 3.11. The van der Waals surface area contributed by atoms with E-state index in [0.717, 1.165) is 6.08 Å². The van der Waals surface area contributed by atoms with E-state index in [1.54, 1.807) is 6.07 Å². The number of hydrogen-bond acceptors (Lipinski definition) is 11. The van der Waals surface area contributed by atoms with Gasteiger partial charge in [0.2, 0.25) is 6.29 Å². The molecule has 6 atom stereocenters. The first kappa shape index (κ1) is 25.0. The van der Waals surface area contributed by atoms with Crippen LogP contribution in [0.1, 0.15) is 17.2 Å². The van der Waals surface area contributed by atoms with Gasteiger partial charge in [0.1, 0.15) is 36.8 Å². The Morgan fingerprint density at radius 1 is 1.06 bits per heavy atom. The van der Waals surface area contributed by atoms with Gasteiger partial charge in [-0.05, 0) is 41.5 Å². The smallest absolute Gasteiger partial charge is 0.330 e. The molecule has 34 heavy (non-hydrogen) atoms. The maximum atomic E-state index is 12.0. The van der Waals surface area contributed by atoms with Crippen molar-refractivity contribution in [3.63, 3.8) is 0 Å². The van der Waals surface area contributed by atoms with Crippen molar-refractivity contribution < 1.29 is 49.6 Å². The quantitative estimate of drug-likeness (QED) is 0.138. The Balaban J connectivity index is 1.59. The highest BCUT2D eigenvalue weighted by molar-refractivity contribution is 5.87. The summed E-state index contributed by atoms with van der Waals surface area (Å²) in [5.74, 6) is -1.29. The Bertz CT molecular complexity index is 1060. The van der Waals surface area contributed by atoms with Gasteiger partial charge in [-0.1, -0.05) is 18.2 Å². The first-order valence-corrected chi connectivity index (χ1v) is 10.1. The first-order valence-electron chi connectivity index (χ1n) is 10.1. The van der Waals surface area contributed by atoms with Gasteiger partial charge < -0.3 is 44.8 Å². The van der Waals surface area contributed by atoms with Crippen molar-refractivity contribution in [2.45, 2.75) is 36.8 Å². The summed E-state index contributed by atoms with van der Waals surface area (Å²) in [5.41, 5.74) is 0.747. The number of phenols is 2. The number of hydrogen-bond donors (Lipinski definition) is 6. The number of nitrogens with zero attached hydrogens (tertiary/aromatic N) is 1. The molecular weight excluding hydrogens is 450 g/mol. The number of aliphatic hydroxyl groups excluding tert-OH is 4. The van der Waals surface area contributed by atoms with Crippen LogP contribution >= 0.6 is 0 Å². The van der Waals surface area contributed by atoms with Gasteiger partial charge in [0.05, 0.1) is 6.07 Å². The molecule has 6 N–H and O–H groups in total. The van der Waals surface area contributed by atoms with E-state index in [4.69, 9.17) is 19.5 Å². The molecule has 3 rings (SSSR count). The number of carbonyl (C=O) groups is 1. The number of ether oxygens (including phenoxy) is 3. The minimum atomic E-state index is -1.65. The third-order valence-corrected chi connectivity index (χ3v) is 5.04. The molecule has 180 valence electrons. The first-order chi connectivity index (χ1) is 16.2. The molecule has 1 aliphatic rings. The van der Waals surface area contributed by atoms with Crippen LogP contribution in [-0.2, 0) is 14.3 Å². The van der Waals surface area contributed by atoms with Crippen molar-refractivity contribution in [3.05, 3.63) is 59.7 Å². The van der Waals surface area contributed by atoms with E-state index in [1.807, 2.05) is 0 Å². The zero-order valence-corrected chi connectivity index (χ0v) is 17.6. The monoisotopic (exact) mass is 473 g/mol. The maximum Gasteiger partial charge on any atom is 0.330 e. The van der Waals surface area contributed by atoms with Crippen molar-refractivity contribution >= 4 is 12.0 Å². The molecule has 1 saturated heterocycles. The second-order valence-electron chi connectivity index (χ2n) is 7.44. The van der Waals surface area contributed by atoms with Crippen molar-refractivity contribution in [2.24, 2.45) is 0 Å². The lowest BCUT2D eigenvalue weighted by molar-refractivity contribution is -0.278. The van der Waals surface area contributed by atoms with Crippen LogP contribution in [0, 0.1) is 11.3 Å². The maximum absolute atomic E-state index is 12.0. The Hall–Kier alpha value is -3.66. The zero-order valence-electron chi connectivity index (χ0n) is 17.6. The Morgan fingerprint density at radius 2 is 1.76 bits per heavy atom. The summed E-state index contributed by atoms with van der Waals surface area (Å²) < 4.78 is 16.0. The standard InChI is InChI=1S/C23H23NO10/c24-10-17(27)13-3-5-14(6-4-13)33-23-22(31)21(30)20(29)18(34-23)11-32-19(28)8-2-12-1-7-15(25)16(26)9-12/h1-9,17-18,20-23,25-27,29-31H,11H2. The Kier molecular flexibility index (Phi) is 8.06. The van der Waals surface area contributed by atoms with Crippen LogP contribution < -0.4 is 4.74 Å². The van der Waals surface area contributed by atoms with Crippen LogP contribution in [-0.4, -0.2) is 73.9 Å². The molecule has 0 aliphatic carbocycles. The van der Waals surface area contributed by atoms with Crippen molar-refractivity contribution in [2.75, 3.05) is 6.61 Å². The van der Waals surface area contributed by atoms with E-state index >= 15 is 0 Å². The summed E-state index contributed by atoms with van der Waals surface area (Å²) in [4.78, 5) is 12.0. The Labute approximate surface area is 193 Å². The molecule has 2 aromatic rings. The number of esters is 1. The molecule has 0 radical (unpaired) electrons. The molecule has 1 heterocycles. The molecule has 0 spiro atoms. The van der Waals surface area contributed by atoms with E-state index < -0.39 is 49.4 Å². The zero-order chi connectivity index (χ0) is 24.8. The van der Waals surface area contributed by atoms with Gasteiger partial charge in [-0.25, -0.2) is 4.79 Å². The third-order valence-electron chi connectivity index (χ3n) is 5.04. The van der Waals surface area contributed by atoms with Gasteiger partial charge >= 0.3 is 5.97 Å². The normalized spacial score (nSPS) is 25.4. The molecular formula is C23H23NO10. The highest BCUT2D eigenvalue weighted by atomic mass is 16.7. The number of benzene rings is 2. The predicted octanol–water partition coefficient (Wildman–Crippen LogP) is 0.0978. The number of aliphatic hydroxyl groups is 4.